The Bertz CT molecular complexity index is 2800. The van der Waals surface area contributed by atoms with Crippen LogP contribution in [0.4, 0.5) is 0 Å². The highest BCUT2D eigenvalue weighted by Crippen LogP contribution is 2.63. The second kappa shape index (κ2) is 8.37. The molecule has 3 aliphatic rings. The van der Waals surface area contributed by atoms with E-state index in [1.54, 1.807) is 0 Å². The predicted molar refractivity (Wildman–Crippen MR) is 206 cm³/mol. The van der Waals surface area contributed by atoms with Gasteiger partial charge >= 0.3 is 0 Å². The number of para-hydroxylation sites is 1. The number of hydrogen-bond acceptors (Lipinski definition) is 0. The molecule has 0 fully saturated rings. The van der Waals surface area contributed by atoms with Crippen LogP contribution in [0.15, 0.2) is 115 Å². The molecule has 1 unspecified atom stereocenters. The van der Waals surface area contributed by atoms with E-state index in [0.29, 0.717) is 0 Å². The zero-order chi connectivity index (χ0) is 33.4. The third-order valence-corrected chi connectivity index (χ3v) is 14.4. The van der Waals surface area contributed by atoms with Gasteiger partial charge < -0.3 is 9.13 Å². The van der Waals surface area contributed by atoms with Gasteiger partial charge in [0, 0.05) is 32.6 Å². The summed E-state index contributed by atoms with van der Waals surface area (Å²) in [6.07, 6.45) is 0. The summed E-state index contributed by atoms with van der Waals surface area (Å²) in [6, 6.07) is 44.5. The summed E-state index contributed by atoms with van der Waals surface area (Å²) >= 11 is 0. The van der Waals surface area contributed by atoms with Gasteiger partial charge in [-0.1, -0.05) is 96.1 Å². The van der Waals surface area contributed by atoms with Gasteiger partial charge in [-0.25, -0.2) is 0 Å². The van der Waals surface area contributed by atoms with Crippen molar-refractivity contribution in [1.82, 2.24) is 9.13 Å². The van der Waals surface area contributed by atoms with Crippen LogP contribution in [-0.4, -0.2) is 9.13 Å². The molecule has 49 heavy (non-hydrogen) atoms. The smallest absolute Gasteiger partial charge is 0.0562 e. The van der Waals surface area contributed by atoms with Crippen molar-refractivity contribution in [3.05, 3.63) is 143 Å². The molecule has 2 aromatic heterocycles. The quantitative estimate of drug-likeness (QED) is 0.170. The Kier molecular flexibility index (Phi) is 4.75. The Morgan fingerprint density at radius 2 is 1.10 bits per heavy atom. The maximum atomic E-state index is 2.62. The third kappa shape index (κ3) is 2.92. The molecule has 2 heteroatoms. The van der Waals surface area contributed by atoms with Gasteiger partial charge in [0.25, 0.3) is 0 Å². The topological polar surface area (TPSA) is 9.86 Å². The van der Waals surface area contributed by atoms with Crippen molar-refractivity contribution < 1.29 is 0 Å². The molecule has 0 N–H and O–H groups in total. The van der Waals surface area contributed by atoms with E-state index < -0.39 is 0 Å². The van der Waals surface area contributed by atoms with Crippen LogP contribution in [0.1, 0.15) is 76.3 Å². The minimum atomic E-state index is -0.279. The lowest BCUT2D eigenvalue weighted by molar-refractivity contribution is 0.125. The largest absolute Gasteiger partial charge is 0.309 e. The van der Waals surface area contributed by atoms with Gasteiger partial charge in [0.15, 0.2) is 0 Å². The Balaban J connectivity index is 1.40. The average Bonchev–Trinajstić information content (AvgIpc) is 3.72. The number of benzene rings is 6. The summed E-state index contributed by atoms with van der Waals surface area (Å²) in [5.41, 5.74) is 17.2. The van der Waals surface area contributed by atoms with Gasteiger partial charge in [-0.15, -0.1) is 0 Å². The Morgan fingerprint density at radius 1 is 0.429 bits per heavy atom. The van der Waals surface area contributed by atoms with Gasteiger partial charge in [-0.3, -0.25) is 0 Å². The molecule has 0 saturated heterocycles. The fourth-order valence-electron chi connectivity index (χ4n) is 10.5. The van der Waals surface area contributed by atoms with Crippen molar-refractivity contribution in [1.29, 1.82) is 0 Å². The van der Waals surface area contributed by atoms with Crippen LogP contribution in [0.2, 0.25) is 0 Å². The highest BCUT2D eigenvalue weighted by Gasteiger charge is 2.57. The minimum Gasteiger partial charge on any atom is -0.309 e. The molecule has 1 atom stereocenters. The van der Waals surface area contributed by atoms with Crippen molar-refractivity contribution in [2.45, 2.75) is 64.7 Å². The van der Waals surface area contributed by atoms with Gasteiger partial charge in [-0.05, 0) is 123 Å². The molecule has 0 amide bonds. The van der Waals surface area contributed by atoms with Crippen molar-refractivity contribution >= 4 is 43.6 Å². The van der Waals surface area contributed by atoms with E-state index >= 15 is 0 Å². The van der Waals surface area contributed by atoms with E-state index in [4.69, 9.17) is 0 Å². The number of nitrogens with zero attached hydrogens (tertiary/aromatic N) is 2. The zero-order valence-electron chi connectivity index (χ0n) is 29.4. The van der Waals surface area contributed by atoms with Crippen molar-refractivity contribution in [3.63, 3.8) is 0 Å². The molecule has 6 aromatic carbocycles. The Morgan fingerprint density at radius 3 is 1.88 bits per heavy atom. The fourth-order valence-corrected chi connectivity index (χ4v) is 10.5. The van der Waals surface area contributed by atoms with E-state index in [0.717, 1.165) is 0 Å². The first-order chi connectivity index (χ1) is 23.5. The molecular weight excluding hydrogens is 593 g/mol. The van der Waals surface area contributed by atoms with Crippen LogP contribution in [0.3, 0.4) is 0 Å². The van der Waals surface area contributed by atoms with E-state index in [1.165, 1.54) is 93.9 Å². The maximum Gasteiger partial charge on any atom is 0.0562 e. The molecule has 4 bridgehead atoms. The highest BCUT2D eigenvalue weighted by molar-refractivity contribution is 6.18. The summed E-state index contributed by atoms with van der Waals surface area (Å²) in [4.78, 5) is 0. The van der Waals surface area contributed by atoms with E-state index in [9.17, 15) is 0 Å². The summed E-state index contributed by atoms with van der Waals surface area (Å²) in [7, 11) is 0. The van der Waals surface area contributed by atoms with Gasteiger partial charge in [-0.2, -0.15) is 0 Å². The van der Waals surface area contributed by atoms with Crippen LogP contribution >= 0.6 is 0 Å². The number of fused-ring (bicyclic) bond motifs is 10. The first-order valence-electron chi connectivity index (χ1n) is 17.9. The fraction of sp³-hybridized carbons (Fsp3) is 0.234. The second-order valence-corrected chi connectivity index (χ2v) is 16.8. The molecular formula is C47H40N2. The molecule has 3 heterocycles. The van der Waals surface area contributed by atoms with Crippen molar-refractivity contribution in [2.75, 3.05) is 0 Å². The molecule has 8 aromatic rings. The molecule has 2 aliphatic carbocycles. The Labute approximate surface area is 287 Å². The van der Waals surface area contributed by atoms with Gasteiger partial charge in [0.05, 0.1) is 27.8 Å². The highest BCUT2D eigenvalue weighted by atomic mass is 15.0. The van der Waals surface area contributed by atoms with Crippen molar-refractivity contribution in [3.8, 4) is 22.5 Å². The third-order valence-electron chi connectivity index (χ3n) is 14.4. The standard InChI is InChI=1S/C47H40N2/c1-44(2)36-24-32-31-23-30-29-16-11-12-17-34(29)47(7)27-20-21-38-33(22-27)43-39(48(38)28-14-9-8-10-15-28)18-13-19-40(43)49(41(31)25-35(30)47)42(32)26-37(36)45(3,4)46(44,5)6/h8-26H,1-7H3. The minimum absolute atomic E-state index is 0.0102. The predicted octanol–water partition coefficient (Wildman–Crippen LogP) is 12.1. The maximum absolute atomic E-state index is 2.62. The van der Waals surface area contributed by atoms with Crippen LogP contribution in [0.5, 0.6) is 0 Å². The van der Waals surface area contributed by atoms with Crippen LogP contribution in [0, 0.1) is 5.41 Å². The summed E-state index contributed by atoms with van der Waals surface area (Å²) in [5, 5.41) is 5.31. The number of rotatable bonds is 1. The van der Waals surface area contributed by atoms with Crippen LogP contribution < -0.4 is 0 Å². The number of hydrogen-bond donors (Lipinski definition) is 0. The van der Waals surface area contributed by atoms with Crippen LogP contribution in [0.25, 0.3) is 66.1 Å². The van der Waals surface area contributed by atoms with Crippen molar-refractivity contribution in [2.24, 2.45) is 5.41 Å². The Hall–Kier alpha value is -5.08. The van der Waals surface area contributed by atoms with E-state index in [1.807, 2.05) is 0 Å². The van der Waals surface area contributed by atoms with Gasteiger partial charge in [0.1, 0.15) is 0 Å². The molecule has 0 saturated carbocycles. The van der Waals surface area contributed by atoms with Crippen LogP contribution in [-0.2, 0) is 16.2 Å². The molecule has 1 aliphatic heterocycles. The lowest BCUT2D eigenvalue weighted by Crippen LogP contribution is -2.42. The first-order valence-corrected chi connectivity index (χ1v) is 17.9. The summed E-state index contributed by atoms with van der Waals surface area (Å²) in [5.74, 6) is 0. The van der Waals surface area contributed by atoms with E-state index in [2.05, 4.69) is 173 Å². The monoisotopic (exact) mass is 632 g/mol. The normalized spacial score (nSPS) is 20.3. The second-order valence-electron chi connectivity index (χ2n) is 16.8. The molecule has 2 nitrogen and oxygen atoms in total. The lowest BCUT2D eigenvalue weighted by Gasteiger charge is -2.44. The summed E-state index contributed by atoms with van der Waals surface area (Å²) in [6.45, 7) is 17.2. The zero-order valence-corrected chi connectivity index (χ0v) is 29.4. The van der Waals surface area contributed by atoms with Gasteiger partial charge in [0.2, 0.25) is 0 Å². The SMILES string of the molecule is CC12c3ccc4c(c3)c3c(cccc3n4-c3ccccc3)-n3c4cc1c(cc4c1cc4c(cc13)C(C)(C)C(C)(C)C4(C)C)-c1ccccc12. The molecule has 238 valence electrons. The molecule has 11 rings (SSSR count). The summed E-state index contributed by atoms with van der Waals surface area (Å²) < 4.78 is 5.09. The lowest BCUT2D eigenvalue weighted by atomic mass is 9.59. The molecule has 0 spiro atoms. The molecule has 0 radical (unpaired) electrons. The van der Waals surface area contributed by atoms with E-state index in [-0.39, 0.29) is 21.7 Å². The average molecular weight is 633 g/mol. The number of aromatic nitrogens is 2. The first kappa shape index (κ1) is 27.8.